The van der Waals surface area contributed by atoms with E-state index in [-0.39, 0.29) is 11.8 Å². The molecule has 2 rings (SSSR count). The molecule has 0 spiro atoms. The van der Waals surface area contributed by atoms with Gasteiger partial charge >= 0.3 is 0 Å². The molecule has 1 aliphatic rings. The molecule has 110 valence electrons. The molecular formula is C13H18BrN3O2S. The van der Waals surface area contributed by atoms with Crippen LogP contribution < -0.4 is 5.32 Å². The Morgan fingerprint density at radius 3 is 2.75 bits per heavy atom. The lowest BCUT2D eigenvalue weighted by molar-refractivity contribution is -0.134. The summed E-state index contributed by atoms with van der Waals surface area (Å²) in [5, 5.41) is 3.18. The van der Waals surface area contributed by atoms with E-state index in [1.165, 1.54) is 16.2 Å². The Balaban J connectivity index is 2.23. The zero-order valence-corrected chi connectivity index (χ0v) is 14.2. The van der Waals surface area contributed by atoms with Crippen LogP contribution >= 0.6 is 27.3 Å². The van der Waals surface area contributed by atoms with Gasteiger partial charge < -0.3 is 15.1 Å². The first-order valence-corrected chi connectivity index (χ1v) is 8.01. The molecule has 0 aromatic carbocycles. The molecule has 5 nitrogen and oxygen atoms in total. The Morgan fingerprint density at radius 2 is 2.20 bits per heavy atom. The van der Waals surface area contributed by atoms with Crippen LogP contribution in [0.1, 0.15) is 15.2 Å². The van der Waals surface area contributed by atoms with Crippen molar-refractivity contribution < 1.29 is 9.59 Å². The van der Waals surface area contributed by atoms with Gasteiger partial charge in [0.25, 0.3) is 5.91 Å². The topological polar surface area (TPSA) is 52.7 Å². The van der Waals surface area contributed by atoms with E-state index in [1.807, 2.05) is 13.0 Å². The first-order valence-electron chi connectivity index (χ1n) is 6.40. The second-order valence-corrected chi connectivity index (χ2v) is 7.39. The van der Waals surface area contributed by atoms with Gasteiger partial charge in [0.05, 0.1) is 8.66 Å². The fraction of sp³-hybridized carbons (Fsp3) is 0.538. The zero-order valence-electron chi connectivity index (χ0n) is 11.8. The Morgan fingerprint density at radius 1 is 1.50 bits per heavy atom. The van der Waals surface area contributed by atoms with Gasteiger partial charge in [-0.2, -0.15) is 0 Å². The van der Waals surface area contributed by atoms with Gasteiger partial charge in [0.15, 0.2) is 0 Å². The van der Waals surface area contributed by atoms with Crippen molar-refractivity contribution in [3.8, 4) is 0 Å². The molecule has 20 heavy (non-hydrogen) atoms. The molecule has 7 heteroatoms. The van der Waals surface area contributed by atoms with E-state index < -0.39 is 6.04 Å². The minimum absolute atomic E-state index is 0.0436. The standard InChI is InChI=1S/C13H18BrN3O2S/c1-8-6-10(20-11(8)14)13(19)17-5-4-15-7-9(17)12(18)16(2)3/h6,9,15H,4-5,7H2,1-3H3. The number of hydrogen-bond donors (Lipinski definition) is 1. The third-order valence-electron chi connectivity index (χ3n) is 3.30. The van der Waals surface area contributed by atoms with Crippen LogP contribution in [-0.2, 0) is 4.79 Å². The third-order valence-corrected chi connectivity index (χ3v) is 5.42. The number of amides is 2. The number of thiophene rings is 1. The Hall–Kier alpha value is -0.920. The number of hydrogen-bond acceptors (Lipinski definition) is 4. The summed E-state index contributed by atoms with van der Waals surface area (Å²) in [6, 6.07) is 1.45. The summed E-state index contributed by atoms with van der Waals surface area (Å²) >= 11 is 4.85. The van der Waals surface area contributed by atoms with Crippen molar-refractivity contribution in [2.75, 3.05) is 33.7 Å². The van der Waals surface area contributed by atoms with Crippen LogP contribution in [-0.4, -0.2) is 61.4 Å². The van der Waals surface area contributed by atoms with Crippen LogP contribution in [0.2, 0.25) is 0 Å². The quantitative estimate of drug-likeness (QED) is 0.866. The fourth-order valence-electron chi connectivity index (χ4n) is 2.17. The number of likely N-dealkylation sites (N-methyl/N-ethyl adjacent to an activating group) is 1. The molecule has 1 saturated heterocycles. The summed E-state index contributed by atoms with van der Waals surface area (Å²) in [5.74, 6) is -0.108. The van der Waals surface area contributed by atoms with Crippen molar-refractivity contribution in [2.24, 2.45) is 0 Å². The minimum Gasteiger partial charge on any atom is -0.347 e. The average Bonchev–Trinajstić information content (AvgIpc) is 2.77. The van der Waals surface area contributed by atoms with Crippen molar-refractivity contribution in [3.05, 3.63) is 20.3 Å². The maximum Gasteiger partial charge on any atom is 0.264 e. The van der Waals surface area contributed by atoms with Gasteiger partial charge in [0.2, 0.25) is 5.91 Å². The first kappa shape index (κ1) is 15.5. The van der Waals surface area contributed by atoms with Crippen LogP contribution in [0.15, 0.2) is 9.85 Å². The van der Waals surface area contributed by atoms with E-state index in [0.717, 1.165) is 9.35 Å². The SMILES string of the molecule is Cc1cc(C(=O)N2CCNCC2C(=O)N(C)C)sc1Br. The van der Waals surface area contributed by atoms with Crippen molar-refractivity contribution >= 4 is 39.1 Å². The van der Waals surface area contributed by atoms with Crippen LogP contribution in [0.5, 0.6) is 0 Å². The van der Waals surface area contributed by atoms with E-state index in [0.29, 0.717) is 24.5 Å². The van der Waals surface area contributed by atoms with Crippen LogP contribution in [0.25, 0.3) is 0 Å². The largest absolute Gasteiger partial charge is 0.347 e. The Kier molecular flexibility index (Phi) is 4.82. The Labute approximate surface area is 131 Å². The maximum absolute atomic E-state index is 12.6. The summed E-state index contributed by atoms with van der Waals surface area (Å²) in [4.78, 5) is 28.7. The molecule has 2 heterocycles. The summed E-state index contributed by atoms with van der Waals surface area (Å²) in [6.45, 7) is 3.73. The smallest absolute Gasteiger partial charge is 0.264 e. The fourth-order valence-corrected chi connectivity index (χ4v) is 3.66. The van der Waals surface area contributed by atoms with Gasteiger partial charge in [-0.1, -0.05) is 0 Å². The summed E-state index contributed by atoms with van der Waals surface area (Å²) in [7, 11) is 3.43. The lowest BCUT2D eigenvalue weighted by Crippen LogP contribution is -2.59. The summed E-state index contributed by atoms with van der Waals surface area (Å²) < 4.78 is 0.964. The molecule has 0 radical (unpaired) electrons. The zero-order chi connectivity index (χ0) is 14.9. The van der Waals surface area contributed by atoms with E-state index in [2.05, 4.69) is 21.2 Å². The lowest BCUT2D eigenvalue weighted by atomic mass is 10.1. The third kappa shape index (κ3) is 3.05. The number of nitrogens with zero attached hydrogens (tertiary/aromatic N) is 2. The predicted octanol–water partition coefficient (Wildman–Crippen LogP) is 1.32. The molecule has 1 N–H and O–H groups in total. The highest BCUT2D eigenvalue weighted by Gasteiger charge is 2.34. The van der Waals surface area contributed by atoms with E-state index in [1.54, 1.807) is 19.0 Å². The highest BCUT2D eigenvalue weighted by Crippen LogP contribution is 2.28. The highest BCUT2D eigenvalue weighted by molar-refractivity contribution is 9.11. The van der Waals surface area contributed by atoms with Gasteiger partial charge in [-0.3, -0.25) is 9.59 Å². The summed E-state index contributed by atoms with van der Waals surface area (Å²) in [6.07, 6.45) is 0. The average molecular weight is 360 g/mol. The highest BCUT2D eigenvalue weighted by atomic mass is 79.9. The molecule has 0 aliphatic carbocycles. The number of carbonyl (C=O) groups is 2. The molecule has 1 aliphatic heterocycles. The van der Waals surface area contributed by atoms with Gasteiger partial charge in [0.1, 0.15) is 6.04 Å². The van der Waals surface area contributed by atoms with Crippen molar-refractivity contribution in [1.29, 1.82) is 0 Å². The molecule has 2 amide bonds. The van der Waals surface area contributed by atoms with Gasteiger partial charge in [-0.15, -0.1) is 11.3 Å². The predicted molar refractivity (Wildman–Crippen MR) is 83.1 cm³/mol. The normalized spacial score (nSPS) is 19.0. The van der Waals surface area contributed by atoms with E-state index in [4.69, 9.17) is 0 Å². The molecule has 1 fully saturated rings. The van der Waals surface area contributed by atoms with Gasteiger partial charge in [-0.05, 0) is 34.5 Å². The van der Waals surface area contributed by atoms with Crippen LogP contribution in [0.3, 0.4) is 0 Å². The van der Waals surface area contributed by atoms with Crippen molar-refractivity contribution in [2.45, 2.75) is 13.0 Å². The maximum atomic E-state index is 12.6. The molecule has 1 aromatic heterocycles. The molecule has 0 saturated carbocycles. The molecule has 0 bridgehead atoms. The van der Waals surface area contributed by atoms with Crippen LogP contribution in [0, 0.1) is 6.92 Å². The monoisotopic (exact) mass is 359 g/mol. The van der Waals surface area contributed by atoms with Crippen molar-refractivity contribution in [1.82, 2.24) is 15.1 Å². The second-order valence-electron chi connectivity index (χ2n) is 5.02. The number of carbonyl (C=O) groups excluding carboxylic acids is 2. The summed E-state index contributed by atoms with van der Waals surface area (Å²) in [5.41, 5.74) is 1.05. The lowest BCUT2D eigenvalue weighted by Gasteiger charge is -2.36. The number of piperazine rings is 1. The molecule has 1 unspecified atom stereocenters. The van der Waals surface area contributed by atoms with Gasteiger partial charge in [-0.25, -0.2) is 0 Å². The van der Waals surface area contributed by atoms with E-state index in [9.17, 15) is 9.59 Å². The second kappa shape index (κ2) is 6.24. The van der Waals surface area contributed by atoms with E-state index >= 15 is 0 Å². The molecular weight excluding hydrogens is 342 g/mol. The number of aryl methyl sites for hydroxylation is 1. The first-order chi connectivity index (χ1) is 9.41. The molecule has 1 atom stereocenters. The van der Waals surface area contributed by atoms with Crippen LogP contribution in [0.4, 0.5) is 0 Å². The van der Waals surface area contributed by atoms with Crippen molar-refractivity contribution in [3.63, 3.8) is 0 Å². The Bertz CT molecular complexity index is 510. The number of nitrogens with one attached hydrogen (secondary N) is 1. The molecule has 1 aromatic rings. The van der Waals surface area contributed by atoms with Gasteiger partial charge in [0, 0.05) is 33.7 Å². The number of rotatable bonds is 2. The number of halogens is 1. The minimum atomic E-state index is -0.424.